The average molecular weight is 236 g/mol. The van der Waals surface area contributed by atoms with Gasteiger partial charge in [-0.3, -0.25) is 4.98 Å². The molecule has 18 heavy (non-hydrogen) atoms. The first-order chi connectivity index (χ1) is 8.74. The number of H-pyrrole nitrogens is 1. The molecular formula is C16H16N2. The van der Waals surface area contributed by atoms with Crippen molar-refractivity contribution in [3.05, 3.63) is 54.4 Å². The molecule has 0 aliphatic heterocycles. The molecule has 2 heteroatoms. The van der Waals surface area contributed by atoms with Crippen LogP contribution in [0.1, 0.15) is 25.3 Å². The van der Waals surface area contributed by atoms with Crippen molar-refractivity contribution in [1.82, 2.24) is 9.97 Å². The summed E-state index contributed by atoms with van der Waals surface area (Å²) in [7, 11) is 0. The van der Waals surface area contributed by atoms with Gasteiger partial charge in [0.05, 0.1) is 0 Å². The highest BCUT2D eigenvalue weighted by Gasteiger charge is 2.05. The van der Waals surface area contributed by atoms with E-state index in [0.717, 1.165) is 5.69 Å². The van der Waals surface area contributed by atoms with Crippen LogP contribution in [0, 0.1) is 0 Å². The Morgan fingerprint density at radius 3 is 2.50 bits per heavy atom. The summed E-state index contributed by atoms with van der Waals surface area (Å²) in [6.07, 6.45) is 3.64. The van der Waals surface area contributed by atoms with Crippen LogP contribution in [-0.4, -0.2) is 9.97 Å². The van der Waals surface area contributed by atoms with Gasteiger partial charge in [-0.15, -0.1) is 0 Å². The molecular weight excluding hydrogens is 220 g/mol. The van der Waals surface area contributed by atoms with Crippen molar-refractivity contribution in [1.29, 1.82) is 0 Å². The number of pyridine rings is 1. The Balaban J connectivity index is 2.11. The maximum Gasteiger partial charge on any atom is 0.0465 e. The van der Waals surface area contributed by atoms with Gasteiger partial charge in [0, 0.05) is 34.6 Å². The van der Waals surface area contributed by atoms with E-state index in [1.54, 1.807) is 0 Å². The lowest BCUT2D eigenvalue weighted by Crippen LogP contribution is -1.85. The Morgan fingerprint density at radius 2 is 1.78 bits per heavy atom. The van der Waals surface area contributed by atoms with Crippen molar-refractivity contribution in [3.8, 4) is 11.3 Å². The van der Waals surface area contributed by atoms with Gasteiger partial charge in [-0.1, -0.05) is 19.9 Å². The summed E-state index contributed by atoms with van der Waals surface area (Å²) in [4.78, 5) is 7.50. The third-order valence-electron chi connectivity index (χ3n) is 3.30. The van der Waals surface area contributed by atoms with Crippen molar-refractivity contribution in [2.75, 3.05) is 0 Å². The minimum Gasteiger partial charge on any atom is -0.355 e. The fraction of sp³-hybridized carbons (Fsp3) is 0.188. The fourth-order valence-corrected chi connectivity index (χ4v) is 2.20. The molecule has 0 saturated heterocycles. The summed E-state index contributed by atoms with van der Waals surface area (Å²) < 4.78 is 0. The largest absolute Gasteiger partial charge is 0.355 e. The molecule has 0 amide bonds. The van der Waals surface area contributed by atoms with E-state index in [-0.39, 0.29) is 0 Å². The summed E-state index contributed by atoms with van der Waals surface area (Å²) in [6, 6.07) is 12.9. The van der Waals surface area contributed by atoms with E-state index in [2.05, 4.69) is 48.1 Å². The van der Waals surface area contributed by atoms with E-state index in [1.165, 1.54) is 22.0 Å². The SMILES string of the molecule is CC(C)c1ccc2[nH]c(-c3ccncc3)cc2c1. The van der Waals surface area contributed by atoms with Crippen LogP contribution in [0.5, 0.6) is 0 Å². The van der Waals surface area contributed by atoms with E-state index in [0.29, 0.717) is 5.92 Å². The normalized spacial score (nSPS) is 11.3. The van der Waals surface area contributed by atoms with Gasteiger partial charge >= 0.3 is 0 Å². The van der Waals surface area contributed by atoms with Crippen LogP contribution in [0.3, 0.4) is 0 Å². The molecule has 3 rings (SSSR count). The molecule has 90 valence electrons. The van der Waals surface area contributed by atoms with Crippen molar-refractivity contribution in [2.24, 2.45) is 0 Å². The minimum atomic E-state index is 0.564. The molecule has 2 heterocycles. The third-order valence-corrected chi connectivity index (χ3v) is 3.30. The summed E-state index contributed by atoms with van der Waals surface area (Å²) >= 11 is 0. The van der Waals surface area contributed by atoms with Crippen LogP contribution in [0.15, 0.2) is 48.8 Å². The zero-order valence-corrected chi connectivity index (χ0v) is 10.6. The number of benzene rings is 1. The van der Waals surface area contributed by atoms with Gasteiger partial charge in [0.15, 0.2) is 0 Å². The lowest BCUT2D eigenvalue weighted by atomic mass is 10.0. The first-order valence-corrected chi connectivity index (χ1v) is 6.27. The fourth-order valence-electron chi connectivity index (χ4n) is 2.20. The Hall–Kier alpha value is -2.09. The van der Waals surface area contributed by atoms with Gasteiger partial charge in [-0.25, -0.2) is 0 Å². The third kappa shape index (κ3) is 1.90. The Bertz CT molecular complexity index is 666. The molecule has 0 radical (unpaired) electrons. The molecule has 1 N–H and O–H groups in total. The maximum atomic E-state index is 4.05. The Morgan fingerprint density at radius 1 is 1.00 bits per heavy atom. The number of rotatable bonds is 2. The molecule has 0 aliphatic rings. The van der Waals surface area contributed by atoms with E-state index < -0.39 is 0 Å². The van der Waals surface area contributed by atoms with Gasteiger partial charge in [0.2, 0.25) is 0 Å². The highest BCUT2D eigenvalue weighted by molar-refractivity contribution is 5.86. The number of aromatic amines is 1. The minimum absolute atomic E-state index is 0.564. The summed E-state index contributed by atoms with van der Waals surface area (Å²) in [5, 5.41) is 1.27. The number of hydrogen-bond donors (Lipinski definition) is 1. The number of nitrogens with zero attached hydrogens (tertiary/aromatic N) is 1. The zero-order valence-electron chi connectivity index (χ0n) is 10.6. The summed E-state index contributed by atoms with van der Waals surface area (Å²) in [6.45, 7) is 4.44. The van der Waals surface area contributed by atoms with E-state index in [9.17, 15) is 0 Å². The second-order valence-electron chi connectivity index (χ2n) is 4.92. The number of fused-ring (bicyclic) bond motifs is 1. The summed E-state index contributed by atoms with van der Waals surface area (Å²) in [5.41, 5.74) is 4.88. The van der Waals surface area contributed by atoms with E-state index >= 15 is 0 Å². The highest BCUT2D eigenvalue weighted by atomic mass is 14.7. The first kappa shape index (κ1) is 11.0. The molecule has 0 bridgehead atoms. The monoisotopic (exact) mass is 236 g/mol. The molecule has 3 aromatic rings. The molecule has 0 saturated carbocycles. The van der Waals surface area contributed by atoms with Gasteiger partial charge in [-0.2, -0.15) is 0 Å². The van der Waals surface area contributed by atoms with Crippen molar-refractivity contribution >= 4 is 10.9 Å². The quantitative estimate of drug-likeness (QED) is 0.704. The average Bonchev–Trinajstić information content (AvgIpc) is 2.82. The van der Waals surface area contributed by atoms with Crippen LogP contribution >= 0.6 is 0 Å². The summed E-state index contributed by atoms with van der Waals surface area (Å²) in [5.74, 6) is 0.564. The maximum absolute atomic E-state index is 4.05. The van der Waals surface area contributed by atoms with Crippen molar-refractivity contribution in [3.63, 3.8) is 0 Å². The van der Waals surface area contributed by atoms with E-state index in [1.807, 2.05) is 24.5 Å². The molecule has 1 aromatic carbocycles. The first-order valence-electron chi connectivity index (χ1n) is 6.27. The Kier molecular flexibility index (Phi) is 2.63. The molecule has 0 atom stereocenters. The van der Waals surface area contributed by atoms with Crippen LogP contribution < -0.4 is 0 Å². The lowest BCUT2D eigenvalue weighted by molar-refractivity contribution is 0.869. The standard InChI is InChI=1S/C16H16N2/c1-11(2)13-3-4-15-14(9-13)10-16(18-15)12-5-7-17-8-6-12/h3-11,18H,1-2H3. The van der Waals surface area contributed by atoms with Crippen molar-refractivity contribution < 1.29 is 0 Å². The molecule has 0 fully saturated rings. The number of hydrogen-bond acceptors (Lipinski definition) is 1. The van der Waals surface area contributed by atoms with Gasteiger partial charge < -0.3 is 4.98 Å². The molecule has 0 unspecified atom stereocenters. The smallest absolute Gasteiger partial charge is 0.0465 e. The van der Waals surface area contributed by atoms with Crippen LogP contribution in [0.4, 0.5) is 0 Å². The van der Waals surface area contributed by atoms with Crippen LogP contribution in [0.25, 0.3) is 22.2 Å². The zero-order chi connectivity index (χ0) is 12.5. The van der Waals surface area contributed by atoms with Crippen LogP contribution in [-0.2, 0) is 0 Å². The molecule has 2 aromatic heterocycles. The van der Waals surface area contributed by atoms with Gasteiger partial charge in [0.25, 0.3) is 0 Å². The number of aromatic nitrogens is 2. The van der Waals surface area contributed by atoms with Gasteiger partial charge in [-0.05, 0) is 41.8 Å². The topological polar surface area (TPSA) is 28.7 Å². The second-order valence-corrected chi connectivity index (χ2v) is 4.92. The highest BCUT2D eigenvalue weighted by Crippen LogP contribution is 2.26. The van der Waals surface area contributed by atoms with E-state index in [4.69, 9.17) is 0 Å². The molecule has 2 nitrogen and oxygen atoms in total. The predicted molar refractivity (Wildman–Crippen MR) is 75.6 cm³/mol. The molecule has 0 spiro atoms. The van der Waals surface area contributed by atoms with Crippen LogP contribution in [0.2, 0.25) is 0 Å². The predicted octanol–water partition coefficient (Wildman–Crippen LogP) is 4.35. The van der Waals surface area contributed by atoms with Gasteiger partial charge in [0.1, 0.15) is 0 Å². The van der Waals surface area contributed by atoms with Crippen molar-refractivity contribution in [2.45, 2.75) is 19.8 Å². The Labute approximate surface area is 107 Å². The molecule has 0 aliphatic carbocycles. The number of nitrogens with one attached hydrogen (secondary N) is 1. The lowest BCUT2D eigenvalue weighted by Gasteiger charge is -2.03. The second kappa shape index (κ2) is 4.30.